The molecule has 1 fully saturated rings. The summed E-state index contributed by atoms with van der Waals surface area (Å²) in [5.41, 5.74) is 1.18. The second-order valence-electron chi connectivity index (χ2n) is 16.3. The van der Waals surface area contributed by atoms with Crippen molar-refractivity contribution in [3.05, 3.63) is 255 Å². The second-order valence-corrected chi connectivity index (χ2v) is 17.1. The fourth-order valence-electron chi connectivity index (χ4n) is 4.20. The van der Waals surface area contributed by atoms with Crippen LogP contribution in [0.5, 0.6) is 0 Å². The topological polar surface area (TPSA) is 9.23 Å². The predicted octanol–water partition coefficient (Wildman–Crippen LogP) is 33.6. The van der Waals surface area contributed by atoms with Gasteiger partial charge in [-0.25, -0.2) is 0 Å². The fraction of sp³-hybridized carbons (Fsp3) is 0.523. The molecule has 1 aliphatic carbocycles. The molecule has 0 unspecified atom stereocenters. The Morgan fingerprint density at radius 3 is 0.344 bits per heavy atom. The number of thioether (sulfide) groups is 1. The monoisotopic (exact) mass is 1280 g/mol. The van der Waals surface area contributed by atoms with E-state index in [0.29, 0.717) is 10.8 Å². The standard InChI is InChI=1S/C8H16.7C6H6.C5H12.C3H8.C2H6O.C2H6S.10C2H6.6CH4/c1-8(2)6-4-3-5-7-8;7*1-2-4-6-5-3-1;1-5(2,3)4;3*1-3-2;10*1-2;;;;;;/h3-7H2,1-2H3;7*1-6H;1-4H3;3H2,1-2H3;2*1-2H3;10*1-2H3;6*1H4. The van der Waals surface area contributed by atoms with Crippen molar-refractivity contribution in [1.82, 2.24) is 0 Å². The molecule has 0 radical (unpaired) electrons. The highest BCUT2D eigenvalue weighted by Crippen LogP contribution is 2.34. The third-order valence-electron chi connectivity index (χ3n) is 6.87. The van der Waals surface area contributed by atoms with Crippen LogP contribution in [0.3, 0.4) is 0 Å². The third-order valence-corrected chi connectivity index (χ3v) is 6.87. The molecular weight excluding hydrogens is 1110 g/mol. The summed E-state index contributed by atoms with van der Waals surface area (Å²) in [6, 6.07) is 84.0. The zero-order valence-electron chi connectivity index (χ0n) is 62.3. The van der Waals surface area contributed by atoms with E-state index in [0.717, 1.165) is 0 Å². The first-order chi connectivity index (χ1) is 40.9. The van der Waals surface area contributed by atoms with Crippen LogP contribution in [0.25, 0.3) is 0 Å². The van der Waals surface area contributed by atoms with E-state index in [1.54, 1.807) is 26.0 Å². The molecule has 0 amide bonds. The quantitative estimate of drug-likeness (QED) is 0.150. The Morgan fingerprint density at radius 2 is 0.311 bits per heavy atom. The molecule has 0 heterocycles. The largest absolute Gasteiger partial charge is 0.388 e. The van der Waals surface area contributed by atoms with Crippen molar-refractivity contribution in [2.24, 2.45) is 10.8 Å². The molecule has 7 aromatic carbocycles. The van der Waals surface area contributed by atoms with E-state index >= 15 is 0 Å². The first-order valence-corrected chi connectivity index (χ1v) is 34.4. The van der Waals surface area contributed by atoms with Gasteiger partial charge in [-0.3, -0.25) is 0 Å². The average Bonchev–Trinajstić information content (AvgIpc) is 3.61. The average molecular weight is 1280 g/mol. The van der Waals surface area contributed by atoms with Crippen LogP contribution >= 0.6 is 11.8 Å². The van der Waals surface area contributed by atoms with E-state index in [1.165, 1.54) is 38.5 Å². The summed E-state index contributed by atoms with van der Waals surface area (Å²) in [4.78, 5) is 0. The van der Waals surface area contributed by atoms with Crippen molar-refractivity contribution in [2.45, 2.75) is 277 Å². The van der Waals surface area contributed by atoms with Crippen LogP contribution in [0, 0.1) is 10.8 Å². The summed E-state index contributed by atoms with van der Waals surface area (Å²) in [5.74, 6) is 0. The number of hydrogen-bond donors (Lipinski definition) is 0. The summed E-state index contributed by atoms with van der Waals surface area (Å²) in [6.07, 6.45) is 12.6. The van der Waals surface area contributed by atoms with E-state index in [1.807, 2.05) is 406 Å². The molecule has 1 saturated carbocycles. The Balaban J connectivity index is -0.0000000322. The highest BCUT2D eigenvalue weighted by molar-refractivity contribution is 7.97. The molecule has 0 bridgehead atoms. The van der Waals surface area contributed by atoms with Crippen LogP contribution < -0.4 is 0 Å². The summed E-state index contributed by atoms with van der Waals surface area (Å²) in [6.45, 7) is 57.8. The molecule has 8 rings (SSSR count). The highest BCUT2D eigenvalue weighted by Gasteiger charge is 2.19. The molecule has 7 aromatic rings. The lowest BCUT2D eigenvalue weighted by atomic mass is 9.78. The van der Waals surface area contributed by atoms with Crippen LogP contribution in [-0.2, 0) is 4.74 Å². The molecule has 1 aliphatic rings. The lowest BCUT2D eigenvalue weighted by molar-refractivity contribution is 0.244. The van der Waals surface area contributed by atoms with Crippen molar-refractivity contribution in [3.63, 3.8) is 0 Å². The van der Waals surface area contributed by atoms with Gasteiger partial charge in [0.05, 0.1) is 0 Å². The number of hydrogen-bond acceptors (Lipinski definition) is 2. The lowest BCUT2D eigenvalue weighted by Gasteiger charge is -2.28. The van der Waals surface area contributed by atoms with Crippen molar-refractivity contribution < 1.29 is 4.74 Å². The second kappa shape index (κ2) is 178. The van der Waals surface area contributed by atoms with Crippen LogP contribution in [-0.4, -0.2) is 26.7 Å². The molecule has 538 valence electrons. The first kappa shape index (κ1) is 142. The van der Waals surface area contributed by atoms with Gasteiger partial charge in [-0.2, -0.15) is 11.8 Å². The van der Waals surface area contributed by atoms with Gasteiger partial charge in [-0.1, -0.05) is 519 Å². The van der Waals surface area contributed by atoms with Crippen LogP contribution in [0.2, 0.25) is 0 Å². The van der Waals surface area contributed by atoms with Crippen LogP contribution in [0.15, 0.2) is 255 Å². The van der Waals surface area contributed by atoms with Gasteiger partial charge in [0.15, 0.2) is 0 Å². The summed E-state index contributed by atoms with van der Waals surface area (Å²) in [5, 5.41) is 0. The Bertz CT molecular complexity index is 1130. The SMILES string of the molecule is C.C.C.C.C.C.CC.CC.CC.CC.CC.CC.CC.CC.CC.CC.CC(C)(C)C.CC1(C)CCCCC1.CCC.COC.CSC.c1ccccc1.c1ccccc1.c1ccccc1.c1ccccc1.c1ccccc1.c1ccccc1.c1ccccc1. The Kier molecular flexibility index (Phi) is 281. The molecule has 0 aromatic heterocycles. The van der Waals surface area contributed by atoms with Crippen molar-refractivity contribution >= 4 is 11.8 Å². The van der Waals surface area contributed by atoms with Crippen molar-refractivity contribution in [2.75, 3.05) is 26.7 Å². The molecule has 0 atom stereocenters. The predicted molar refractivity (Wildman–Crippen MR) is 449 cm³/mol. The van der Waals surface area contributed by atoms with E-state index < -0.39 is 0 Å². The molecule has 0 saturated heterocycles. The maximum atomic E-state index is 4.25. The van der Waals surface area contributed by atoms with Crippen LogP contribution in [0.4, 0.5) is 0 Å². The molecule has 1 nitrogen and oxygen atoms in total. The Morgan fingerprint density at radius 1 is 0.256 bits per heavy atom. The summed E-state index contributed by atoms with van der Waals surface area (Å²) in [7, 11) is 3.25. The van der Waals surface area contributed by atoms with Gasteiger partial charge in [0, 0.05) is 14.2 Å². The smallest absolute Gasteiger partial charge is 0.0351 e. The minimum Gasteiger partial charge on any atom is -0.388 e. The molecule has 0 N–H and O–H groups in total. The van der Waals surface area contributed by atoms with Gasteiger partial charge >= 0.3 is 0 Å². The molecular formula is C88H174OS. The third kappa shape index (κ3) is 253. The van der Waals surface area contributed by atoms with Gasteiger partial charge in [0.25, 0.3) is 0 Å². The van der Waals surface area contributed by atoms with Gasteiger partial charge < -0.3 is 4.74 Å². The molecule has 90 heavy (non-hydrogen) atoms. The van der Waals surface area contributed by atoms with Crippen molar-refractivity contribution in [1.29, 1.82) is 0 Å². The maximum absolute atomic E-state index is 4.25. The van der Waals surface area contributed by atoms with E-state index in [9.17, 15) is 0 Å². The van der Waals surface area contributed by atoms with Gasteiger partial charge in [-0.05, 0) is 36.2 Å². The minimum absolute atomic E-state index is 0. The van der Waals surface area contributed by atoms with Gasteiger partial charge in [0.1, 0.15) is 0 Å². The van der Waals surface area contributed by atoms with E-state index in [2.05, 4.69) is 60.1 Å². The first-order valence-electron chi connectivity index (χ1n) is 32.8. The fourth-order valence-corrected chi connectivity index (χ4v) is 4.20. The molecule has 2 heteroatoms. The Labute approximate surface area is 582 Å². The maximum Gasteiger partial charge on any atom is 0.0351 e. The van der Waals surface area contributed by atoms with E-state index in [-0.39, 0.29) is 44.6 Å². The molecule has 0 aliphatic heterocycles. The van der Waals surface area contributed by atoms with Gasteiger partial charge in [0.2, 0.25) is 0 Å². The normalized spacial score (nSPS) is 8.13. The van der Waals surface area contributed by atoms with Gasteiger partial charge in [-0.15, -0.1) is 0 Å². The number of benzene rings is 7. The Hall–Kier alpha value is -5.15. The van der Waals surface area contributed by atoms with Crippen LogP contribution in [0.1, 0.15) is 277 Å². The molecule has 0 spiro atoms. The zero-order chi connectivity index (χ0) is 68.4. The minimum atomic E-state index is 0. The lowest BCUT2D eigenvalue weighted by Crippen LogP contribution is -2.14. The zero-order valence-corrected chi connectivity index (χ0v) is 63.1. The number of methoxy groups -OCH3 is 1. The highest BCUT2D eigenvalue weighted by atomic mass is 32.2. The number of ether oxygens (including phenoxy) is 1. The summed E-state index contributed by atoms with van der Waals surface area (Å²) >= 11 is 1.75. The summed E-state index contributed by atoms with van der Waals surface area (Å²) < 4.78 is 4.25. The number of rotatable bonds is 0. The van der Waals surface area contributed by atoms with Crippen molar-refractivity contribution in [3.8, 4) is 0 Å². The van der Waals surface area contributed by atoms with E-state index in [4.69, 9.17) is 0 Å².